The first-order valence-corrected chi connectivity index (χ1v) is 5.93. The second-order valence-corrected chi connectivity index (χ2v) is 4.06. The fraction of sp³-hybridized carbons (Fsp3) is 0.357. The molecule has 18 heavy (non-hydrogen) atoms. The SMILES string of the molecule is C=CCNC(=O)N(C)CCOc1ccc(C)cc1. The molecule has 0 aliphatic carbocycles. The lowest BCUT2D eigenvalue weighted by atomic mass is 10.2. The Bertz CT molecular complexity index is 387. The van der Waals surface area contributed by atoms with Crippen LogP contribution in [0.15, 0.2) is 36.9 Å². The Labute approximate surface area is 108 Å². The van der Waals surface area contributed by atoms with Gasteiger partial charge in [0.05, 0.1) is 6.54 Å². The summed E-state index contributed by atoms with van der Waals surface area (Å²) >= 11 is 0. The van der Waals surface area contributed by atoms with Crippen LogP contribution in [-0.2, 0) is 0 Å². The molecule has 4 nitrogen and oxygen atoms in total. The van der Waals surface area contributed by atoms with Crippen molar-refractivity contribution < 1.29 is 9.53 Å². The molecule has 98 valence electrons. The molecule has 1 aromatic rings. The van der Waals surface area contributed by atoms with Gasteiger partial charge in [-0.3, -0.25) is 0 Å². The van der Waals surface area contributed by atoms with E-state index in [1.807, 2.05) is 31.2 Å². The molecule has 2 amide bonds. The molecule has 0 saturated carbocycles. The molecule has 1 rings (SSSR count). The molecule has 0 atom stereocenters. The lowest BCUT2D eigenvalue weighted by Crippen LogP contribution is -2.39. The minimum absolute atomic E-state index is 0.123. The maximum Gasteiger partial charge on any atom is 0.317 e. The van der Waals surface area contributed by atoms with E-state index in [0.717, 1.165) is 5.75 Å². The Balaban J connectivity index is 2.26. The van der Waals surface area contributed by atoms with Crippen LogP contribution < -0.4 is 10.1 Å². The van der Waals surface area contributed by atoms with Gasteiger partial charge in [-0.25, -0.2) is 4.79 Å². The molecular formula is C14H20N2O2. The quantitative estimate of drug-likeness (QED) is 0.784. The molecule has 0 spiro atoms. The summed E-state index contributed by atoms with van der Waals surface area (Å²) in [5.74, 6) is 0.820. The van der Waals surface area contributed by atoms with E-state index < -0.39 is 0 Å². The number of carbonyl (C=O) groups is 1. The molecule has 0 aliphatic rings. The van der Waals surface area contributed by atoms with Crippen molar-refractivity contribution in [3.05, 3.63) is 42.5 Å². The number of nitrogens with one attached hydrogen (secondary N) is 1. The van der Waals surface area contributed by atoms with Gasteiger partial charge >= 0.3 is 6.03 Å². The average molecular weight is 248 g/mol. The Morgan fingerprint density at radius 3 is 2.72 bits per heavy atom. The topological polar surface area (TPSA) is 41.6 Å². The lowest BCUT2D eigenvalue weighted by Gasteiger charge is -2.17. The highest BCUT2D eigenvalue weighted by Gasteiger charge is 2.06. The number of aryl methyl sites for hydroxylation is 1. The first-order chi connectivity index (χ1) is 8.63. The summed E-state index contributed by atoms with van der Waals surface area (Å²) in [4.78, 5) is 13.1. The van der Waals surface area contributed by atoms with Crippen molar-refractivity contribution >= 4 is 6.03 Å². The normalized spacial score (nSPS) is 9.67. The monoisotopic (exact) mass is 248 g/mol. The third kappa shape index (κ3) is 4.91. The summed E-state index contributed by atoms with van der Waals surface area (Å²) in [5.41, 5.74) is 1.20. The number of nitrogens with zero attached hydrogens (tertiary/aromatic N) is 1. The van der Waals surface area contributed by atoms with Gasteiger partial charge < -0.3 is 15.0 Å². The minimum Gasteiger partial charge on any atom is -0.492 e. The van der Waals surface area contributed by atoms with Crippen molar-refractivity contribution in [1.29, 1.82) is 0 Å². The average Bonchev–Trinajstić information content (AvgIpc) is 2.38. The number of hydrogen-bond donors (Lipinski definition) is 1. The molecule has 0 saturated heterocycles. The Hall–Kier alpha value is -1.97. The molecule has 0 bridgehead atoms. The predicted molar refractivity (Wildman–Crippen MR) is 72.9 cm³/mol. The largest absolute Gasteiger partial charge is 0.492 e. The van der Waals surface area contributed by atoms with Crippen molar-refractivity contribution in [2.45, 2.75) is 6.92 Å². The van der Waals surface area contributed by atoms with Gasteiger partial charge in [0, 0.05) is 13.6 Å². The molecule has 1 N–H and O–H groups in total. The van der Waals surface area contributed by atoms with Crippen LogP contribution in [0.5, 0.6) is 5.75 Å². The van der Waals surface area contributed by atoms with E-state index in [1.165, 1.54) is 5.56 Å². The van der Waals surface area contributed by atoms with Crippen molar-refractivity contribution in [2.75, 3.05) is 26.7 Å². The van der Waals surface area contributed by atoms with E-state index >= 15 is 0 Å². The summed E-state index contributed by atoms with van der Waals surface area (Å²) in [6.45, 7) is 7.06. The standard InChI is InChI=1S/C14H20N2O2/c1-4-9-15-14(17)16(3)10-11-18-13-7-5-12(2)6-8-13/h4-8H,1,9-11H2,2-3H3,(H,15,17). The van der Waals surface area contributed by atoms with Crippen molar-refractivity contribution in [3.63, 3.8) is 0 Å². The van der Waals surface area contributed by atoms with E-state index in [9.17, 15) is 4.79 Å². The van der Waals surface area contributed by atoms with Gasteiger partial charge in [0.25, 0.3) is 0 Å². The van der Waals surface area contributed by atoms with Crippen LogP contribution >= 0.6 is 0 Å². The maximum atomic E-state index is 11.5. The number of likely N-dealkylation sites (N-methyl/N-ethyl adjacent to an activating group) is 1. The summed E-state index contributed by atoms with van der Waals surface area (Å²) in [5, 5.41) is 2.70. The van der Waals surface area contributed by atoms with E-state index in [0.29, 0.717) is 19.7 Å². The van der Waals surface area contributed by atoms with Crippen molar-refractivity contribution in [2.24, 2.45) is 0 Å². The third-order valence-electron chi connectivity index (χ3n) is 2.46. The smallest absolute Gasteiger partial charge is 0.317 e. The van der Waals surface area contributed by atoms with E-state index in [4.69, 9.17) is 4.74 Å². The van der Waals surface area contributed by atoms with Crippen LogP contribution in [0.3, 0.4) is 0 Å². The molecule has 0 aromatic heterocycles. The summed E-state index contributed by atoms with van der Waals surface area (Å²) < 4.78 is 5.54. The molecule has 0 aliphatic heterocycles. The summed E-state index contributed by atoms with van der Waals surface area (Å²) in [6, 6.07) is 7.72. The number of urea groups is 1. The van der Waals surface area contributed by atoms with Crippen LogP contribution in [0.2, 0.25) is 0 Å². The number of hydrogen-bond acceptors (Lipinski definition) is 2. The van der Waals surface area contributed by atoms with Gasteiger partial charge in [-0.1, -0.05) is 23.8 Å². The number of rotatable bonds is 6. The van der Waals surface area contributed by atoms with Crippen LogP contribution in [0.1, 0.15) is 5.56 Å². The molecule has 0 heterocycles. The van der Waals surface area contributed by atoms with Crippen LogP contribution in [0.4, 0.5) is 4.79 Å². The second kappa shape index (κ2) is 7.37. The fourth-order valence-corrected chi connectivity index (χ4v) is 1.33. The number of benzene rings is 1. The Morgan fingerprint density at radius 1 is 1.44 bits per heavy atom. The zero-order valence-electron chi connectivity index (χ0n) is 11.0. The van der Waals surface area contributed by atoms with Gasteiger partial charge in [-0.15, -0.1) is 6.58 Å². The molecule has 0 unspecified atom stereocenters. The highest BCUT2D eigenvalue weighted by atomic mass is 16.5. The van der Waals surface area contributed by atoms with Crippen LogP contribution in [-0.4, -0.2) is 37.7 Å². The highest BCUT2D eigenvalue weighted by molar-refractivity contribution is 5.73. The van der Waals surface area contributed by atoms with Crippen LogP contribution in [0, 0.1) is 6.92 Å². The molecular weight excluding hydrogens is 228 g/mol. The van der Waals surface area contributed by atoms with Gasteiger partial charge in [-0.2, -0.15) is 0 Å². The maximum absolute atomic E-state index is 11.5. The predicted octanol–water partition coefficient (Wildman–Crippen LogP) is 2.20. The lowest BCUT2D eigenvalue weighted by molar-refractivity contribution is 0.196. The van der Waals surface area contributed by atoms with Gasteiger partial charge in [0.1, 0.15) is 12.4 Å². The number of ether oxygens (including phenoxy) is 1. The highest BCUT2D eigenvalue weighted by Crippen LogP contribution is 2.10. The van der Waals surface area contributed by atoms with E-state index in [2.05, 4.69) is 11.9 Å². The van der Waals surface area contributed by atoms with Gasteiger partial charge in [-0.05, 0) is 19.1 Å². The minimum atomic E-state index is -0.123. The molecule has 1 aromatic carbocycles. The van der Waals surface area contributed by atoms with Gasteiger partial charge in [0.15, 0.2) is 0 Å². The summed E-state index contributed by atoms with van der Waals surface area (Å²) in [6.07, 6.45) is 1.65. The Morgan fingerprint density at radius 2 is 2.11 bits per heavy atom. The molecule has 0 fully saturated rings. The van der Waals surface area contributed by atoms with E-state index in [-0.39, 0.29) is 6.03 Å². The number of amides is 2. The molecule has 4 heteroatoms. The fourth-order valence-electron chi connectivity index (χ4n) is 1.33. The number of carbonyl (C=O) groups excluding carboxylic acids is 1. The van der Waals surface area contributed by atoms with Gasteiger partial charge in [0.2, 0.25) is 0 Å². The first-order valence-electron chi connectivity index (χ1n) is 5.93. The van der Waals surface area contributed by atoms with Crippen molar-refractivity contribution in [1.82, 2.24) is 10.2 Å². The third-order valence-corrected chi connectivity index (χ3v) is 2.46. The first kappa shape index (κ1) is 14.1. The zero-order valence-corrected chi connectivity index (χ0v) is 11.0. The Kier molecular flexibility index (Phi) is 5.77. The van der Waals surface area contributed by atoms with Crippen molar-refractivity contribution in [3.8, 4) is 5.75 Å². The van der Waals surface area contributed by atoms with Crippen LogP contribution in [0.25, 0.3) is 0 Å². The second-order valence-electron chi connectivity index (χ2n) is 4.06. The summed E-state index contributed by atoms with van der Waals surface area (Å²) in [7, 11) is 1.73. The molecule has 0 radical (unpaired) electrons. The van der Waals surface area contributed by atoms with E-state index in [1.54, 1.807) is 18.0 Å². The zero-order chi connectivity index (χ0) is 13.4.